The first-order valence-corrected chi connectivity index (χ1v) is 15.7. The molecular weight excluding hydrogens is 348 g/mol. The Balaban J connectivity index is 3.08. The van der Waals surface area contributed by atoms with Gasteiger partial charge in [0.1, 0.15) is 6.10 Å². The van der Waals surface area contributed by atoms with Crippen molar-refractivity contribution in [3.05, 3.63) is 22.4 Å². The Labute approximate surface area is 156 Å². The van der Waals surface area contributed by atoms with Crippen molar-refractivity contribution >= 4 is 28.0 Å². The van der Waals surface area contributed by atoms with Crippen LogP contribution in [0.2, 0.25) is 36.3 Å². The summed E-state index contributed by atoms with van der Waals surface area (Å²) >= 11 is 1.78. The number of rotatable bonds is 6. The van der Waals surface area contributed by atoms with E-state index in [9.17, 15) is 0 Å². The SMILES string of the molecule is C[C@@H](O[Si](C)(C)C(C)(C)C)[C@@H](O[Si](C)(C)C(C)(C)C)c1cccs1. The van der Waals surface area contributed by atoms with Crippen molar-refractivity contribution in [1.29, 1.82) is 0 Å². The highest BCUT2D eigenvalue weighted by Gasteiger charge is 2.44. The number of thiophene rings is 1. The molecule has 0 spiro atoms. The minimum absolute atomic E-state index is 0.0278. The van der Waals surface area contributed by atoms with E-state index in [1.807, 2.05) is 0 Å². The number of hydrogen-bond donors (Lipinski definition) is 0. The van der Waals surface area contributed by atoms with Crippen molar-refractivity contribution in [2.24, 2.45) is 0 Å². The topological polar surface area (TPSA) is 18.5 Å². The molecule has 1 rings (SSSR count). The van der Waals surface area contributed by atoms with E-state index >= 15 is 0 Å². The molecule has 0 N–H and O–H groups in total. The first-order chi connectivity index (χ1) is 10.6. The molecule has 0 saturated heterocycles. The highest BCUT2D eigenvalue weighted by Crippen LogP contribution is 2.44. The van der Waals surface area contributed by atoms with Crippen LogP contribution in [0.1, 0.15) is 59.4 Å². The third kappa shape index (κ3) is 5.27. The van der Waals surface area contributed by atoms with E-state index in [1.54, 1.807) is 11.3 Å². The lowest BCUT2D eigenvalue weighted by molar-refractivity contribution is 0.0481. The minimum Gasteiger partial charge on any atom is -0.411 e. The molecule has 1 aromatic rings. The van der Waals surface area contributed by atoms with E-state index in [1.165, 1.54) is 4.88 Å². The predicted octanol–water partition coefficient (Wildman–Crippen LogP) is 7.22. The fraction of sp³-hybridized carbons (Fsp3) is 0.789. The molecule has 1 aromatic heterocycles. The zero-order valence-corrected chi connectivity index (χ0v) is 20.4. The van der Waals surface area contributed by atoms with Gasteiger partial charge in [0.25, 0.3) is 0 Å². The first kappa shape index (κ1) is 22.1. The Bertz CT molecular complexity index is 510. The molecule has 0 bridgehead atoms. The quantitative estimate of drug-likeness (QED) is 0.480. The molecule has 0 fully saturated rings. The van der Waals surface area contributed by atoms with Crippen LogP contribution in [0, 0.1) is 0 Å². The molecule has 0 aliphatic rings. The largest absolute Gasteiger partial charge is 0.411 e. The number of hydrogen-bond acceptors (Lipinski definition) is 3. The van der Waals surface area contributed by atoms with E-state index < -0.39 is 16.6 Å². The molecular formula is C19H38O2SSi2. The Morgan fingerprint density at radius 3 is 1.71 bits per heavy atom. The summed E-state index contributed by atoms with van der Waals surface area (Å²) in [7, 11) is -3.69. The minimum atomic E-state index is -1.87. The maximum Gasteiger partial charge on any atom is 0.193 e. The van der Waals surface area contributed by atoms with Gasteiger partial charge in [0.05, 0.1) is 6.10 Å². The summed E-state index contributed by atoms with van der Waals surface area (Å²) in [4.78, 5) is 1.28. The summed E-state index contributed by atoms with van der Waals surface area (Å²) in [6, 6.07) is 4.30. The van der Waals surface area contributed by atoms with Crippen LogP contribution >= 0.6 is 11.3 Å². The highest BCUT2D eigenvalue weighted by molar-refractivity contribution is 7.10. The molecule has 0 aliphatic heterocycles. The van der Waals surface area contributed by atoms with Crippen LogP contribution in [-0.2, 0) is 8.85 Å². The van der Waals surface area contributed by atoms with Gasteiger partial charge in [0.15, 0.2) is 16.6 Å². The lowest BCUT2D eigenvalue weighted by Gasteiger charge is -2.44. The Hall–Kier alpha value is 0.0538. The first-order valence-electron chi connectivity index (χ1n) is 8.97. The fourth-order valence-electron chi connectivity index (χ4n) is 2.04. The molecule has 2 atom stereocenters. The lowest BCUT2D eigenvalue weighted by atomic mass is 10.2. The van der Waals surface area contributed by atoms with Crippen LogP contribution in [0.5, 0.6) is 0 Å². The predicted molar refractivity (Wildman–Crippen MR) is 113 cm³/mol. The molecule has 0 unspecified atom stereocenters. The molecule has 140 valence electrons. The van der Waals surface area contributed by atoms with Gasteiger partial charge in [-0.2, -0.15) is 0 Å². The summed E-state index contributed by atoms with van der Waals surface area (Å²) in [5.74, 6) is 0. The van der Waals surface area contributed by atoms with Crippen molar-refractivity contribution in [1.82, 2.24) is 0 Å². The van der Waals surface area contributed by atoms with Gasteiger partial charge in [-0.25, -0.2) is 0 Å². The van der Waals surface area contributed by atoms with Crippen LogP contribution in [0.25, 0.3) is 0 Å². The second-order valence-corrected chi connectivity index (χ2v) is 20.4. The van der Waals surface area contributed by atoms with Gasteiger partial charge in [-0.05, 0) is 54.6 Å². The molecule has 0 saturated carbocycles. The monoisotopic (exact) mass is 386 g/mol. The van der Waals surface area contributed by atoms with Gasteiger partial charge in [-0.15, -0.1) is 11.3 Å². The fourth-order valence-corrected chi connectivity index (χ4v) is 5.68. The van der Waals surface area contributed by atoms with Gasteiger partial charge in [-0.3, -0.25) is 0 Å². The van der Waals surface area contributed by atoms with Gasteiger partial charge in [0.2, 0.25) is 0 Å². The third-order valence-corrected chi connectivity index (χ3v) is 15.7. The Kier molecular flexibility index (Phi) is 6.77. The van der Waals surface area contributed by atoms with E-state index in [0.29, 0.717) is 0 Å². The molecule has 1 heterocycles. The molecule has 2 nitrogen and oxygen atoms in total. The van der Waals surface area contributed by atoms with Crippen molar-refractivity contribution in [2.75, 3.05) is 0 Å². The molecule has 0 aromatic carbocycles. The normalized spacial score (nSPS) is 17.0. The maximum atomic E-state index is 6.81. The van der Waals surface area contributed by atoms with E-state index in [-0.39, 0.29) is 22.3 Å². The van der Waals surface area contributed by atoms with E-state index in [2.05, 4.69) is 92.2 Å². The van der Waals surface area contributed by atoms with Crippen LogP contribution in [0.15, 0.2) is 17.5 Å². The average molecular weight is 387 g/mol. The zero-order valence-electron chi connectivity index (χ0n) is 17.6. The molecule has 0 amide bonds. The standard InChI is InChI=1S/C19H38O2SSi2/c1-15(20-23(8,9)18(2,3)4)17(16-13-12-14-22-16)21-24(10,11)19(5,6)7/h12-15,17H,1-11H3/t15-,17-/m1/s1. The second kappa shape index (κ2) is 7.35. The van der Waals surface area contributed by atoms with Crippen molar-refractivity contribution in [2.45, 2.75) is 96.9 Å². The van der Waals surface area contributed by atoms with Gasteiger partial charge in [-0.1, -0.05) is 47.6 Å². The van der Waals surface area contributed by atoms with Gasteiger partial charge >= 0.3 is 0 Å². The van der Waals surface area contributed by atoms with Crippen molar-refractivity contribution in [3.63, 3.8) is 0 Å². The van der Waals surface area contributed by atoms with E-state index in [0.717, 1.165) is 0 Å². The summed E-state index contributed by atoms with van der Waals surface area (Å²) in [5, 5.41) is 2.54. The Morgan fingerprint density at radius 2 is 1.33 bits per heavy atom. The zero-order chi connectivity index (χ0) is 19.0. The molecule has 0 radical (unpaired) electrons. The van der Waals surface area contributed by atoms with Crippen LogP contribution in [0.4, 0.5) is 0 Å². The van der Waals surface area contributed by atoms with Gasteiger partial charge in [0, 0.05) is 4.88 Å². The summed E-state index contributed by atoms with van der Waals surface area (Å²) in [5.41, 5.74) is 0. The summed E-state index contributed by atoms with van der Waals surface area (Å²) < 4.78 is 13.5. The van der Waals surface area contributed by atoms with Crippen LogP contribution in [0.3, 0.4) is 0 Å². The molecule has 5 heteroatoms. The lowest BCUT2D eigenvalue weighted by Crippen LogP contribution is -2.48. The van der Waals surface area contributed by atoms with Crippen LogP contribution in [-0.4, -0.2) is 22.7 Å². The maximum absolute atomic E-state index is 6.81. The molecule has 24 heavy (non-hydrogen) atoms. The third-order valence-electron chi connectivity index (χ3n) is 5.76. The van der Waals surface area contributed by atoms with E-state index in [4.69, 9.17) is 8.85 Å². The smallest absolute Gasteiger partial charge is 0.193 e. The molecule has 0 aliphatic carbocycles. The van der Waals surface area contributed by atoms with Gasteiger partial charge < -0.3 is 8.85 Å². The summed E-state index contributed by atoms with van der Waals surface area (Å²) in [6.07, 6.45) is 0.0960. The highest BCUT2D eigenvalue weighted by atomic mass is 32.1. The summed E-state index contributed by atoms with van der Waals surface area (Å²) in [6.45, 7) is 25.3. The average Bonchev–Trinajstić information content (AvgIpc) is 2.85. The Morgan fingerprint density at radius 1 is 0.875 bits per heavy atom. The van der Waals surface area contributed by atoms with Crippen molar-refractivity contribution < 1.29 is 8.85 Å². The second-order valence-electron chi connectivity index (χ2n) is 9.90. The van der Waals surface area contributed by atoms with Crippen molar-refractivity contribution in [3.8, 4) is 0 Å². The van der Waals surface area contributed by atoms with Crippen LogP contribution < -0.4 is 0 Å².